The van der Waals surface area contributed by atoms with Crippen LogP contribution in [-0.2, 0) is 4.84 Å². The summed E-state index contributed by atoms with van der Waals surface area (Å²) in [5.74, 6) is 0. The van der Waals surface area contributed by atoms with Crippen molar-refractivity contribution in [3.63, 3.8) is 0 Å². The van der Waals surface area contributed by atoms with Crippen molar-refractivity contribution in [2.75, 3.05) is 5.32 Å². The number of amides is 1. The van der Waals surface area contributed by atoms with Gasteiger partial charge < -0.3 is 0 Å². The molecular formula is C14H10Cl2N2O2. The molecule has 0 saturated carbocycles. The second-order valence-electron chi connectivity index (χ2n) is 3.80. The molecule has 2 aromatic rings. The molecule has 6 heteroatoms. The van der Waals surface area contributed by atoms with Gasteiger partial charge in [0.05, 0.1) is 6.21 Å². The van der Waals surface area contributed by atoms with E-state index < -0.39 is 6.09 Å². The van der Waals surface area contributed by atoms with Gasteiger partial charge in [-0.25, -0.2) is 4.79 Å². The molecule has 0 bridgehead atoms. The summed E-state index contributed by atoms with van der Waals surface area (Å²) >= 11 is 11.5. The smallest absolute Gasteiger partial charge is 0.298 e. The number of nitrogens with one attached hydrogen (secondary N) is 1. The van der Waals surface area contributed by atoms with Crippen LogP contribution in [0.5, 0.6) is 0 Å². The number of hydrogen-bond acceptors (Lipinski definition) is 3. The summed E-state index contributed by atoms with van der Waals surface area (Å²) in [6.07, 6.45) is 0.732. The lowest BCUT2D eigenvalue weighted by Gasteiger charge is -2.02. The number of halogens is 2. The van der Waals surface area contributed by atoms with E-state index in [2.05, 4.69) is 15.3 Å². The first-order valence-electron chi connectivity index (χ1n) is 5.66. The molecule has 0 aliphatic heterocycles. The molecule has 0 aliphatic carbocycles. The van der Waals surface area contributed by atoms with Crippen molar-refractivity contribution in [3.8, 4) is 0 Å². The van der Waals surface area contributed by atoms with Gasteiger partial charge in [-0.15, -0.1) is 0 Å². The Kier molecular flexibility index (Phi) is 4.98. The lowest BCUT2D eigenvalue weighted by atomic mass is 10.2. The fourth-order valence-corrected chi connectivity index (χ4v) is 1.61. The minimum Gasteiger partial charge on any atom is -0.298 e. The molecule has 1 amide bonds. The third-order valence-corrected chi connectivity index (χ3v) is 2.80. The Bertz CT molecular complexity index is 610. The van der Waals surface area contributed by atoms with Crippen molar-refractivity contribution in [2.24, 2.45) is 5.16 Å². The van der Waals surface area contributed by atoms with Crippen molar-refractivity contribution in [1.29, 1.82) is 0 Å². The van der Waals surface area contributed by atoms with E-state index in [-0.39, 0.29) is 0 Å². The summed E-state index contributed by atoms with van der Waals surface area (Å²) in [5, 5.41) is 7.30. The first-order chi connectivity index (χ1) is 9.63. The van der Waals surface area contributed by atoms with Gasteiger partial charge in [0.1, 0.15) is 0 Å². The first kappa shape index (κ1) is 14.4. The zero-order valence-electron chi connectivity index (χ0n) is 10.2. The topological polar surface area (TPSA) is 50.7 Å². The zero-order valence-corrected chi connectivity index (χ0v) is 11.7. The van der Waals surface area contributed by atoms with Gasteiger partial charge in [0.2, 0.25) is 0 Å². The largest absolute Gasteiger partial charge is 0.437 e. The standard InChI is InChI=1S/C14H10Cl2N2O2/c15-11-3-1-10(2-4-11)9-17-20-14(19)18-13-7-5-12(16)6-8-13/h1-9H,(H,18,19)/b17-9+. The fourth-order valence-electron chi connectivity index (χ4n) is 1.36. The van der Waals surface area contributed by atoms with E-state index in [0.717, 1.165) is 5.56 Å². The molecule has 20 heavy (non-hydrogen) atoms. The van der Waals surface area contributed by atoms with Crippen LogP contribution >= 0.6 is 23.2 Å². The predicted octanol–water partition coefficient (Wildman–Crippen LogP) is 4.58. The van der Waals surface area contributed by atoms with E-state index in [1.54, 1.807) is 48.5 Å². The first-order valence-corrected chi connectivity index (χ1v) is 6.41. The van der Waals surface area contributed by atoms with Crippen LogP contribution in [0.3, 0.4) is 0 Å². The van der Waals surface area contributed by atoms with Crippen LogP contribution in [0.1, 0.15) is 5.56 Å². The fraction of sp³-hybridized carbons (Fsp3) is 0. The lowest BCUT2D eigenvalue weighted by Crippen LogP contribution is -2.10. The zero-order chi connectivity index (χ0) is 14.4. The average molecular weight is 309 g/mol. The second-order valence-corrected chi connectivity index (χ2v) is 4.67. The number of hydrogen-bond donors (Lipinski definition) is 1. The van der Waals surface area contributed by atoms with E-state index in [9.17, 15) is 4.79 Å². The van der Waals surface area contributed by atoms with Crippen LogP contribution in [0, 0.1) is 0 Å². The van der Waals surface area contributed by atoms with E-state index in [1.165, 1.54) is 6.21 Å². The Hall–Kier alpha value is -2.04. The number of carbonyl (C=O) groups excluding carboxylic acids is 1. The maximum Gasteiger partial charge on any atom is 0.437 e. The highest BCUT2D eigenvalue weighted by molar-refractivity contribution is 6.30. The van der Waals surface area contributed by atoms with Gasteiger partial charge in [0, 0.05) is 15.7 Å². The molecule has 0 saturated heterocycles. The molecule has 0 fully saturated rings. The minimum atomic E-state index is -0.683. The van der Waals surface area contributed by atoms with E-state index in [1.807, 2.05) is 0 Å². The van der Waals surface area contributed by atoms with Crippen molar-refractivity contribution in [2.45, 2.75) is 0 Å². The van der Waals surface area contributed by atoms with E-state index >= 15 is 0 Å². The van der Waals surface area contributed by atoms with Crippen molar-refractivity contribution in [3.05, 3.63) is 64.1 Å². The van der Waals surface area contributed by atoms with Crippen LogP contribution < -0.4 is 5.32 Å². The normalized spacial score (nSPS) is 10.5. The highest BCUT2D eigenvalue weighted by atomic mass is 35.5. The predicted molar refractivity (Wildman–Crippen MR) is 80.6 cm³/mol. The van der Waals surface area contributed by atoms with E-state index in [4.69, 9.17) is 23.2 Å². The number of anilines is 1. The van der Waals surface area contributed by atoms with Crippen LogP contribution in [-0.4, -0.2) is 12.3 Å². The second kappa shape index (κ2) is 6.93. The lowest BCUT2D eigenvalue weighted by molar-refractivity contribution is 0.167. The molecule has 4 nitrogen and oxygen atoms in total. The van der Waals surface area contributed by atoms with Crippen molar-refractivity contribution in [1.82, 2.24) is 0 Å². The SMILES string of the molecule is O=C(Nc1ccc(Cl)cc1)O/N=C/c1ccc(Cl)cc1. The molecule has 102 valence electrons. The molecule has 0 aliphatic rings. The molecule has 0 atom stereocenters. The molecule has 0 spiro atoms. The van der Waals surface area contributed by atoms with Gasteiger partial charge >= 0.3 is 6.09 Å². The summed E-state index contributed by atoms with van der Waals surface area (Å²) in [7, 11) is 0. The number of nitrogens with zero attached hydrogens (tertiary/aromatic N) is 1. The number of benzene rings is 2. The molecule has 0 radical (unpaired) electrons. The maximum absolute atomic E-state index is 11.4. The summed E-state index contributed by atoms with van der Waals surface area (Å²) in [6.45, 7) is 0. The summed E-state index contributed by atoms with van der Waals surface area (Å²) in [4.78, 5) is 16.1. The molecule has 1 N–H and O–H groups in total. The summed E-state index contributed by atoms with van der Waals surface area (Å²) < 4.78 is 0. The van der Waals surface area contributed by atoms with Crippen molar-refractivity contribution >= 4 is 41.2 Å². The third kappa shape index (κ3) is 4.57. The van der Waals surface area contributed by atoms with Gasteiger partial charge in [-0.05, 0) is 42.0 Å². The van der Waals surface area contributed by atoms with Gasteiger partial charge in [-0.1, -0.05) is 40.5 Å². The molecule has 0 aromatic heterocycles. The Morgan fingerprint density at radius 3 is 2.15 bits per heavy atom. The van der Waals surface area contributed by atoms with Crippen LogP contribution in [0.2, 0.25) is 10.0 Å². The van der Waals surface area contributed by atoms with Crippen molar-refractivity contribution < 1.29 is 9.63 Å². The molecular weight excluding hydrogens is 299 g/mol. The third-order valence-electron chi connectivity index (χ3n) is 2.30. The highest BCUT2D eigenvalue weighted by Crippen LogP contribution is 2.13. The number of carbonyl (C=O) groups is 1. The quantitative estimate of drug-likeness (QED) is 0.513. The summed E-state index contributed by atoms with van der Waals surface area (Å²) in [5.41, 5.74) is 1.34. The molecule has 0 heterocycles. The molecule has 0 unspecified atom stereocenters. The average Bonchev–Trinajstić information content (AvgIpc) is 2.44. The Morgan fingerprint density at radius 1 is 1.00 bits per heavy atom. The van der Waals surface area contributed by atoms with Crippen LogP contribution in [0.25, 0.3) is 0 Å². The Labute approximate surface area is 125 Å². The number of rotatable bonds is 3. The highest BCUT2D eigenvalue weighted by Gasteiger charge is 2.01. The van der Waals surface area contributed by atoms with Gasteiger partial charge in [0.15, 0.2) is 0 Å². The van der Waals surface area contributed by atoms with Gasteiger partial charge in [0.25, 0.3) is 0 Å². The minimum absolute atomic E-state index is 0.570. The molecule has 2 aromatic carbocycles. The molecule has 2 rings (SSSR count). The Balaban J connectivity index is 1.85. The monoisotopic (exact) mass is 308 g/mol. The van der Waals surface area contributed by atoms with Gasteiger partial charge in [-0.3, -0.25) is 10.2 Å². The maximum atomic E-state index is 11.4. The number of oxime groups is 1. The van der Waals surface area contributed by atoms with Crippen LogP contribution in [0.4, 0.5) is 10.5 Å². The summed E-state index contributed by atoms with van der Waals surface area (Å²) in [6, 6.07) is 13.6. The van der Waals surface area contributed by atoms with Crippen LogP contribution in [0.15, 0.2) is 53.7 Å². The van der Waals surface area contributed by atoms with E-state index in [0.29, 0.717) is 15.7 Å². The Morgan fingerprint density at radius 2 is 1.55 bits per heavy atom. The van der Waals surface area contributed by atoms with Gasteiger partial charge in [-0.2, -0.15) is 0 Å².